The van der Waals surface area contributed by atoms with Gasteiger partial charge in [0, 0.05) is 5.56 Å². The summed E-state index contributed by atoms with van der Waals surface area (Å²) in [6, 6.07) is 5.44. The molecule has 0 saturated heterocycles. The Hall–Kier alpha value is -0.830. The average Bonchev–Trinajstić information content (AvgIpc) is 2.16. The van der Waals surface area contributed by atoms with Gasteiger partial charge in [-0.05, 0) is 30.7 Å². The first-order chi connectivity index (χ1) is 6.19. The first kappa shape index (κ1) is 10.3. The summed E-state index contributed by atoms with van der Waals surface area (Å²) in [5, 5.41) is 0.361. The maximum absolute atomic E-state index is 11.3. The van der Waals surface area contributed by atoms with Crippen LogP contribution >= 0.6 is 15.9 Å². The highest BCUT2D eigenvalue weighted by molar-refractivity contribution is 9.09. The monoisotopic (exact) mass is 242 g/mol. The normalized spacial score (nSPS) is 9.77. The highest BCUT2D eigenvalue weighted by Crippen LogP contribution is 2.17. The summed E-state index contributed by atoms with van der Waals surface area (Å²) in [7, 11) is 1.61. The molecule has 0 saturated carbocycles. The molecule has 0 atom stereocenters. The van der Waals surface area contributed by atoms with Gasteiger partial charge in [0.05, 0.1) is 12.4 Å². The number of carbonyl (C=O) groups excluding carboxylic acids is 1. The van der Waals surface area contributed by atoms with Crippen LogP contribution in [-0.2, 0) is 0 Å². The summed E-state index contributed by atoms with van der Waals surface area (Å²) in [5.74, 6) is 0.878. The van der Waals surface area contributed by atoms with Crippen LogP contribution in [0.2, 0.25) is 0 Å². The van der Waals surface area contributed by atoms with Crippen molar-refractivity contribution >= 4 is 21.7 Å². The van der Waals surface area contributed by atoms with Crippen LogP contribution < -0.4 is 4.74 Å². The Morgan fingerprint density at radius 3 is 2.69 bits per heavy atom. The lowest BCUT2D eigenvalue weighted by Gasteiger charge is -2.05. The van der Waals surface area contributed by atoms with Crippen molar-refractivity contribution in [1.82, 2.24) is 0 Å². The number of carbonyl (C=O) groups is 1. The van der Waals surface area contributed by atoms with Crippen molar-refractivity contribution in [2.75, 3.05) is 12.4 Å². The summed E-state index contributed by atoms with van der Waals surface area (Å²) >= 11 is 3.14. The van der Waals surface area contributed by atoms with E-state index in [9.17, 15) is 4.79 Å². The molecular weight excluding hydrogens is 232 g/mol. The number of hydrogen-bond acceptors (Lipinski definition) is 2. The van der Waals surface area contributed by atoms with E-state index in [0.29, 0.717) is 5.33 Å². The highest BCUT2D eigenvalue weighted by Gasteiger charge is 2.07. The molecule has 1 aromatic carbocycles. The number of ether oxygens (including phenoxy) is 1. The van der Waals surface area contributed by atoms with Crippen molar-refractivity contribution in [2.24, 2.45) is 0 Å². The number of hydrogen-bond donors (Lipinski definition) is 0. The molecule has 0 aliphatic carbocycles. The van der Waals surface area contributed by atoms with Gasteiger partial charge >= 0.3 is 0 Å². The van der Waals surface area contributed by atoms with Gasteiger partial charge in [-0.25, -0.2) is 0 Å². The van der Waals surface area contributed by atoms with Gasteiger partial charge in [-0.2, -0.15) is 0 Å². The fraction of sp³-hybridized carbons (Fsp3) is 0.300. The van der Waals surface area contributed by atoms with Gasteiger partial charge in [0.1, 0.15) is 5.75 Å². The van der Waals surface area contributed by atoms with Crippen molar-refractivity contribution in [1.29, 1.82) is 0 Å². The van der Waals surface area contributed by atoms with Crippen LogP contribution in [0, 0.1) is 6.92 Å². The summed E-state index contributed by atoms with van der Waals surface area (Å²) in [6.45, 7) is 1.90. The molecule has 70 valence electrons. The zero-order chi connectivity index (χ0) is 9.84. The van der Waals surface area contributed by atoms with Crippen LogP contribution in [0.15, 0.2) is 18.2 Å². The van der Waals surface area contributed by atoms with Gasteiger partial charge in [0.25, 0.3) is 0 Å². The maximum atomic E-state index is 11.3. The molecule has 0 bridgehead atoms. The third kappa shape index (κ3) is 2.31. The Morgan fingerprint density at radius 1 is 1.54 bits per heavy atom. The molecule has 0 aliphatic rings. The molecule has 0 fully saturated rings. The quantitative estimate of drug-likeness (QED) is 0.602. The number of benzene rings is 1. The van der Waals surface area contributed by atoms with Gasteiger partial charge in [0.15, 0.2) is 5.78 Å². The first-order valence-corrected chi connectivity index (χ1v) is 5.05. The lowest BCUT2D eigenvalue weighted by Crippen LogP contribution is -2.02. The van der Waals surface area contributed by atoms with Gasteiger partial charge in [-0.3, -0.25) is 4.79 Å². The molecule has 1 aromatic rings. The van der Waals surface area contributed by atoms with E-state index in [1.54, 1.807) is 19.2 Å². The molecule has 0 amide bonds. The molecule has 0 heterocycles. The largest absolute Gasteiger partial charge is 0.497 e. The summed E-state index contributed by atoms with van der Waals surface area (Å²) in [4.78, 5) is 11.3. The fourth-order valence-electron chi connectivity index (χ4n) is 1.15. The van der Waals surface area contributed by atoms with Crippen LogP contribution in [0.25, 0.3) is 0 Å². The second kappa shape index (κ2) is 4.42. The smallest absolute Gasteiger partial charge is 0.173 e. The molecular formula is C10H11BrO2. The maximum Gasteiger partial charge on any atom is 0.173 e. The second-order valence-corrected chi connectivity index (χ2v) is 3.30. The van der Waals surface area contributed by atoms with E-state index in [0.717, 1.165) is 16.9 Å². The molecule has 0 spiro atoms. The number of Topliss-reactive ketones (excluding diaryl/α,β-unsaturated/α-hetero) is 1. The van der Waals surface area contributed by atoms with Crippen molar-refractivity contribution < 1.29 is 9.53 Å². The lowest BCUT2D eigenvalue weighted by atomic mass is 10.1. The number of methoxy groups -OCH3 is 1. The van der Waals surface area contributed by atoms with Crippen LogP contribution in [-0.4, -0.2) is 18.2 Å². The number of halogens is 1. The number of alkyl halides is 1. The molecule has 0 N–H and O–H groups in total. The van der Waals surface area contributed by atoms with Gasteiger partial charge in [-0.15, -0.1) is 0 Å². The predicted octanol–water partition coefficient (Wildman–Crippen LogP) is 2.58. The molecule has 1 rings (SSSR count). The number of aryl methyl sites for hydroxylation is 1. The zero-order valence-electron chi connectivity index (χ0n) is 7.63. The van der Waals surface area contributed by atoms with Crippen LogP contribution in [0.5, 0.6) is 5.75 Å². The lowest BCUT2D eigenvalue weighted by molar-refractivity contribution is 0.102. The molecule has 0 aliphatic heterocycles. The average molecular weight is 243 g/mol. The van der Waals surface area contributed by atoms with Crippen molar-refractivity contribution in [3.8, 4) is 5.75 Å². The third-order valence-electron chi connectivity index (χ3n) is 1.86. The first-order valence-electron chi connectivity index (χ1n) is 3.93. The molecule has 2 nitrogen and oxygen atoms in total. The van der Waals surface area contributed by atoms with E-state index in [2.05, 4.69) is 15.9 Å². The molecule has 0 radical (unpaired) electrons. The molecule has 3 heteroatoms. The summed E-state index contributed by atoms with van der Waals surface area (Å²) in [6.07, 6.45) is 0. The van der Waals surface area contributed by atoms with Crippen LogP contribution in [0.3, 0.4) is 0 Å². The molecule has 0 unspecified atom stereocenters. The van der Waals surface area contributed by atoms with E-state index in [-0.39, 0.29) is 5.78 Å². The summed E-state index contributed by atoms with van der Waals surface area (Å²) in [5.41, 5.74) is 1.70. The fourth-order valence-corrected chi connectivity index (χ4v) is 1.45. The van der Waals surface area contributed by atoms with E-state index in [1.807, 2.05) is 13.0 Å². The van der Waals surface area contributed by atoms with E-state index < -0.39 is 0 Å². The van der Waals surface area contributed by atoms with Crippen LogP contribution in [0.4, 0.5) is 0 Å². The minimum atomic E-state index is 0.0974. The Balaban J connectivity index is 3.05. The third-order valence-corrected chi connectivity index (χ3v) is 2.36. The van der Waals surface area contributed by atoms with E-state index in [4.69, 9.17) is 4.74 Å². The standard InChI is InChI=1S/C10H11BrO2/c1-7-5-8(13-2)3-4-9(7)10(12)6-11/h3-5H,6H2,1-2H3. The van der Waals surface area contributed by atoms with Crippen molar-refractivity contribution in [3.63, 3.8) is 0 Å². The van der Waals surface area contributed by atoms with Crippen molar-refractivity contribution in [2.45, 2.75) is 6.92 Å². The van der Waals surface area contributed by atoms with E-state index in [1.165, 1.54) is 0 Å². The number of ketones is 1. The SMILES string of the molecule is COc1ccc(C(=O)CBr)c(C)c1. The van der Waals surface area contributed by atoms with Crippen molar-refractivity contribution in [3.05, 3.63) is 29.3 Å². The minimum Gasteiger partial charge on any atom is -0.497 e. The summed E-state index contributed by atoms with van der Waals surface area (Å²) < 4.78 is 5.04. The minimum absolute atomic E-state index is 0.0974. The molecule has 13 heavy (non-hydrogen) atoms. The predicted molar refractivity (Wildman–Crippen MR) is 55.9 cm³/mol. The van der Waals surface area contributed by atoms with Gasteiger partial charge < -0.3 is 4.74 Å². The second-order valence-electron chi connectivity index (χ2n) is 2.74. The molecule has 0 aromatic heterocycles. The van der Waals surface area contributed by atoms with Gasteiger partial charge in [-0.1, -0.05) is 15.9 Å². The van der Waals surface area contributed by atoms with Gasteiger partial charge in [0.2, 0.25) is 0 Å². The Kier molecular flexibility index (Phi) is 3.48. The Labute approximate surface area is 86.0 Å². The zero-order valence-corrected chi connectivity index (χ0v) is 9.22. The topological polar surface area (TPSA) is 26.3 Å². The van der Waals surface area contributed by atoms with E-state index >= 15 is 0 Å². The Morgan fingerprint density at radius 2 is 2.23 bits per heavy atom. The number of rotatable bonds is 3. The highest BCUT2D eigenvalue weighted by atomic mass is 79.9. The Bertz CT molecular complexity index is 321. The van der Waals surface area contributed by atoms with Crippen LogP contribution in [0.1, 0.15) is 15.9 Å².